The third-order valence-electron chi connectivity index (χ3n) is 3.70. The third kappa shape index (κ3) is 4.85. The van der Waals surface area contributed by atoms with Gasteiger partial charge in [-0.25, -0.2) is 0 Å². The number of carbonyl (C=O) groups excluding carboxylic acids is 1. The first kappa shape index (κ1) is 19.8. The van der Waals surface area contributed by atoms with Gasteiger partial charge in [0.25, 0.3) is 5.91 Å². The van der Waals surface area contributed by atoms with Gasteiger partial charge in [0.05, 0.1) is 5.56 Å². The predicted octanol–water partition coefficient (Wildman–Crippen LogP) is 5.59. The normalized spacial score (nSPS) is 10.6. The number of anilines is 1. The van der Waals surface area contributed by atoms with E-state index in [4.69, 9.17) is 0 Å². The molecule has 2 N–H and O–H groups in total. The molecule has 0 bridgehead atoms. The van der Waals surface area contributed by atoms with Crippen LogP contribution >= 0.6 is 0 Å². The van der Waals surface area contributed by atoms with Crippen molar-refractivity contribution in [3.05, 3.63) is 58.7 Å². The van der Waals surface area contributed by atoms with Crippen LogP contribution in [0.4, 0.5) is 5.69 Å². The number of carbonyl (C=O) groups is 1. The quantitative estimate of drug-likeness (QED) is 0.756. The van der Waals surface area contributed by atoms with Crippen LogP contribution in [0.5, 0.6) is 5.75 Å². The molecule has 1 amide bonds. The zero-order valence-corrected chi connectivity index (χ0v) is 15.8. The lowest BCUT2D eigenvalue weighted by atomic mass is 9.87. The predicted molar refractivity (Wildman–Crippen MR) is 102 cm³/mol. The minimum absolute atomic E-state index is 0.0365. The summed E-state index contributed by atoms with van der Waals surface area (Å²) in [7, 11) is 0. The van der Waals surface area contributed by atoms with Gasteiger partial charge >= 0.3 is 0 Å². The van der Waals surface area contributed by atoms with Crippen molar-refractivity contribution < 1.29 is 9.90 Å². The standard InChI is InChI=1S/C19H23NO2.C2H6/c1-12-10-13(2)17(21)16(11-12)18(22)20-15-8-6-14(7-9-15)19(3,4)5;1-2/h6-11,21H,1-5H3,(H,20,22);1-2H3. The minimum atomic E-state index is -0.298. The Morgan fingerprint density at radius 3 is 2.04 bits per heavy atom. The fourth-order valence-electron chi connectivity index (χ4n) is 2.39. The highest BCUT2D eigenvalue weighted by molar-refractivity contribution is 6.06. The molecule has 0 saturated carbocycles. The van der Waals surface area contributed by atoms with E-state index < -0.39 is 0 Å². The molecule has 24 heavy (non-hydrogen) atoms. The van der Waals surface area contributed by atoms with Crippen LogP contribution in [0.15, 0.2) is 36.4 Å². The van der Waals surface area contributed by atoms with Crippen molar-refractivity contribution in [1.29, 1.82) is 0 Å². The molecule has 0 aromatic heterocycles. The number of phenols is 1. The van der Waals surface area contributed by atoms with Crippen LogP contribution in [0.25, 0.3) is 0 Å². The maximum absolute atomic E-state index is 12.4. The van der Waals surface area contributed by atoms with E-state index in [1.54, 1.807) is 13.0 Å². The summed E-state index contributed by atoms with van der Waals surface area (Å²) in [5.74, 6) is -0.262. The number of aryl methyl sites for hydroxylation is 2. The number of benzene rings is 2. The average Bonchev–Trinajstić information content (AvgIpc) is 2.52. The van der Waals surface area contributed by atoms with Crippen LogP contribution in [0.1, 0.15) is 61.7 Å². The van der Waals surface area contributed by atoms with Crippen molar-refractivity contribution in [2.75, 3.05) is 5.32 Å². The maximum atomic E-state index is 12.4. The van der Waals surface area contributed by atoms with Crippen molar-refractivity contribution in [2.24, 2.45) is 0 Å². The summed E-state index contributed by atoms with van der Waals surface area (Å²) >= 11 is 0. The molecule has 3 heteroatoms. The first-order valence-corrected chi connectivity index (χ1v) is 8.40. The topological polar surface area (TPSA) is 49.3 Å². The van der Waals surface area contributed by atoms with Crippen LogP contribution in [-0.4, -0.2) is 11.0 Å². The van der Waals surface area contributed by atoms with Gasteiger partial charge in [0.1, 0.15) is 5.75 Å². The monoisotopic (exact) mass is 327 g/mol. The number of hydrogen-bond acceptors (Lipinski definition) is 2. The number of phenolic OH excluding ortho intramolecular Hbond substituents is 1. The summed E-state index contributed by atoms with van der Waals surface area (Å²) in [5.41, 5.74) is 3.96. The smallest absolute Gasteiger partial charge is 0.259 e. The van der Waals surface area contributed by atoms with Crippen molar-refractivity contribution in [3.8, 4) is 5.75 Å². The minimum Gasteiger partial charge on any atom is -0.507 e. The Labute approximate surface area is 145 Å². The van der Waals surface area contributed by atoms with Crippen LogP contribution in [0.3, 0.4) is 0 Å². The van der Waals surface area contributed by atoms with E-state index in [2.05, 4.69) is 26.1 Å². The van der Waals surface area contributed by atoms with Gasteiger partial charge in [-0.3, -0.25) is 4.79 Å². The Kier molecular flexibility index (Phi) is 6.59. The summed E-state index contributed by atoms with van der Waals surface area (Å²) in [5, 5.41) is 12.9. The van der Waals surface area contributed by atoms with Gasteiger partial charge in [-0.05, 0) is 54.2 Å². The molecule has 3 nitrogen and oxygen atoms in total. The van der Waals surface area contributed by atoms with Gasteiger partial charge in [0, 0.05) is 5.69 Å². The van der Waals surface area contributed by atoms with Crippen LogP contribution in [0.2, 0.25) is 0 Å². The summed E-state index contributed by atoms with van der Waals surface area (Å²) in [6.45, 7) is 14.1. The van der Waals surface area contributed by atoms with Crippen LogP contribution < -0.4 is 5.32 Å². The number of aromatic hydroxyl groups is 1. The lowest BCUT2D eigenvalue weighted by molar-refractivity contribution is 0.102. The Hall–Kier alpha value is -2.29. The Morgan fingerprint density at radius 1 is 1.00 bits per heavy atom. The fourth-order valence-corrected chi connectivity index (χ4v) is 2.39. The lowest BCUT2D eigenvalue weighted by Gasteiger charge is -2.19. The van der Waals surface area contributed by atoms with E-state index >= 15 is 0 Å². The third-order valence-corrected chi connectivity index (χ3v) is 3.70. The molecule has 0 unspecified atom stereocenters. The summed E-state index contributed by atoms with van der Waals surface area (Å²) in [6.07, 6.45) is 0. The molecule has 0 atom stereocenters. The molecule has 130 valence electrons. The van der Waals surface area contributed by atoms with Crippen molar-refractivity contribution in [2.45, 2.75) is 53.9 Å². The van der Waals surface area contributed by atoms with E-state index in [-0.39, 0.29) is 17.1 Å². The SMILES string of the molecule is CC.Cc1cc(C)c(O)c(C(=O)Nc2ccc(C(C)(C)C)cc2)c1. The number of hydrogen-bond donors (Lipinski definition) is 2. The summed E-state index contributed by atoms with van der Waals surface area (Å²) in [4.78, 5) is 12.4. The largest absolute Gasteiger partial charge is 0.507 e. The lowest BCUT2D eigenvalue weighted by Crippen LogP contribution is -2.14. The highest BCUT2D eigenvalue weighted by Gasteiger charge is 2.16. The van der Waals surface area contributed by atoms with E-state index in [0.717, 1.165) is 11.3 Å². The van der Waals surface area contributed by atoms with Crippen molar-refractivity contribution in [3.63, 3.8) is 0 Å². The first-order valence-electron chi connectivity index (χ1n) is 8.40. The molecular weight excluding hydrogens is 298 g/mol. The number of amides is 1. The molecule has 0 spiro atoms. The van der Waals surface area contributed by atoms with E-state index in [0.29, 0.717) is 11.1 Å². The van der Waals surface area contributed by atoms with Gasteiger partial charge in [0.15, 0.2) is 0 Å². The van der Waals surface area contributed by atoms with Gasteiger partial charge in [-0.15, -0.1) is 0 Å². The maximum Gasteiger partial charge on any atom is 0.259 e. The van der Waals surface area contributed by atoms with Crippen molar-refractivity contribution in [1.82, 2.24) is 0 Å². The van der Waals surface area contributed by atoms with Gasteiger partial charge in [-0.1, -0.05) is 52.8 Å². The molecule has 2 aromatic rings. The summed E-state index contributed by atoms with van der Waals surface area (Å²) < 4.78 is 0. The van der Waals surface area contributed by atoms with Crippen LogP contribution in [-0.2, 0) is 5.41 Å². The second-order valence-electron chi connectivity index (χ2n) is 6.76. The second kappa shape index (κ2) is 8.00. The molecule has 2 rings (SSSR count). The summed E-state index contributed by atoms with van der Waals surface area (Å²) in [6, 6.07) is 11.3. The van der Waals surface area contributed by atoms with E-state index in [1.165, 1.54) is 5.56 Å². The van der Waals surface area contributed by atoms with Gasteiger partial charge < -0.3 is 10.4 Å². The Bertz CT molecular complexity index is 695. The molecule has 2 aromatic carbocycles. The molecule has 0 aliphatic carbocycles. The molecule has 0 saturated heterocycles. The van der Waals surface area contributed by atoms with Crippen LogP contribution in [0, 0.1) is 13.8 Å². The Balaban J connectivity index is 0.00000139. The zero-order chi connectivity index (χ0) is 18.5. The van der Waals surface area contributed by atoms with Gasteiger partial charge in [-0.2, -0.15) is 0 Å². The molecule has 0 fully saturated rings. The molecule has 0 aliphatic rings. The fraction of sp³-hybridized carbons (Fsp3) is 0.381. The first-order chi connectivity index (χ1) is 11.2. The van der Waals surface area contributed by atoms with Gasteiger partial charge in [0.2, 0.25) is 0 Å². The highest BCUT2D eigenvalue weighted by atomic mass is 16.3. The molecular formula is C21H29NO2. The molecule has 0 aliphatic heterocycles. The second-order valence-corrected chi connectivity index (χ2v) is 6.76. The zero-order valence-electron chi connectivity index (χ0n) is 15.8. The highest BCUT2D eigenvalue weighted by Crippen LogP contribution is 2.26. The molecule has 0 heterocycles. The number of nitrogens with one attached hydrogen (secondary N) is 1. The van der Waals surface area contributed by atoms with E-state index in [1.807, 2.05) is 51.1 Å². The molecule has 0 radical (unpaired) electrons. The Morgan fingerprint density at radius 2 is 1.54 bits per heavy atom. The number of rotatable bonds is 2. The van der Waals surface area contributed by atoms with Crippen molar-refractivity contribution >= 4 is 11.6 Å². The average molecular weight is 327 g/mol. The van der Waals surface area contributed by atoms with E-state index in [9.17, 15) is 9.90 Å².